The molecule has 0 amide bonds. The van der Waals surface area contributed by atoms with Crippen LogP contribution in [0.25, 0.3) is 0 Å². The van der Waals surface area contributed by atoms with Crippen molar-refractivity contribution in [1.29, 1.82) is 0 Å². The lowest BCUT2D eigenvalue weighted by Crippen LogP contribution is -2.14. The van der Waals surface area contributed by atoms with Gasteiger partial charge in [-0.2, -0.15) is 0 Å². The Labute approximate surface area is 131 Å². The van der Waals surface area contributed by atoms with E-state index in [4.69, 9.17) is 4.74 Å². The zero-order chi connectivity index (χ0) is 14.8. The number of hydrogen-bond donors (Lipinski definition) is 1. The quantitative estimate of drug-likeness (QED) is 0.911. The highest BCUT2D eigenvalue weighted by molar-refractivity contribution is 9.10. The summed E-state index contributed by atoms with van der Waals surface area (Å²) in [6.07, 6.45) is 1.27. The third-order valence-electron chi connectivity index (χ3n) is 3.64. The van der Waals surface area contributed by atoms with Crippen molar-refractivity contribution in [3.8, 4) is 5.75 Å². The van der Waals surface area contributed by atoms with Gasteiger partial charge in [-0.05, 0) is 47.4 Å². The largest absolute Gasteiger partial charge is 0.493 e. The average molecular weight is 351 g/mol. The minimum absolute atomic E-state index is 0.272. The Morgan fingerprint density at radius 2 is 2.10 bits per heavy atom. The second kappa shape index (κ2) is 6.16. The molecule has 0 saturated carbocycles. The Balaban J connectivity index is 1.75. The fraction of sp³-hybridized carbons (Fsp3) is 0.294. The molecule has 0 spiro atoms. The van der Waals surface area contributed by atoms with E-state index in [2.05, 4.69) is 22.0 Å². The molecule has 0 aromatic heterocycles. The third-order valence-corrected chi connectivity index (χ3v) is 4.10. The van der Waals surface area contributed by atoms with Gasteiger partial charge in [0.05, 0.1) is 12.7 Å². The maximum Gasteiger partial charge on any atom is 0.125 e. The zero-order valence-electron chi connectivity index (χ0n) is 11.5. The summed E-state index contributed by atoms with van der Waals surface area (Å²) in [6.45, 7) is 0.693. The fourth-order valence-corrected chi connectivity index (χ4v) is 3.31. The minimum atomic E-state index is -0.561. The molecule has 0 radical (unpaired) electrons. The predicted octanol–water partition coefficient (Wildman–Crippen LogP) is 3.67. The molecule has 1 N–H and O–H groups in total. The standard InChI is InChI=1S/C17H16BrFO2/c18-14-8-12-4-5-21-17(12)13(9-14)10-16(20)7-11-2-1-3-15(19)6-11/h1-3,6,8-9,16,20H,4-5,7,10H2. The first-order valence-corrected chi connectivity index (χ1v) is 7.78. The number of ether oxygens (including phenoxy) is 1. The second-order valence-electron chi connectivity index (χ2n) is 5.34. The van der Waals surface area contributed by atoms with Crippen molar-refractivity contribution in [2.24, 2.45) is 0 Å². The van der Waals surface area contributed by atoms with Gasteiger partial charge in [0.2, 0.25) is 0 Å². The molecule has 2 aromatic carbocycles. The van der Waals surface area contributed by atoms with E-state index in [1.807, 2.05) is 12.1 Å². The van der Waals surface area contributed by atoms with E-state index in [-0.39, 0.29) is 5.82 Å². The van der Waals surface area contributed by atoms with Gasteiger partial charge in [0.1, 0.15) is 11.6 Å². The summed E-state index contributed by atoms with van der Waals surface area (Å²) in [5, 5.41) is 10.3. The molecule has 0 bridgehead atoms. The molecule has 110 valence electrons. The zero-order valence-corrected chi connectivity index (χ0v) is 13.1. The maximum absolute atomic E-state index is 13.2. The molecule has 0 aliphatic carbocycles. The molecule has 2 aromatic rings. The number of aliphatic hydroxyl groups excluding tert-OH is 1. The van der Waals surface area contributed by atoms with Gasteiger partial charge in [-0.3, -0.25) is 0 Å². The van der Waals surface area contributed by atoms with Crippen molar-refractivity contribution in [3.63, 3.8) is 0 Å². The normalized spacial score (nSPS) is 14.6. The lowest BCUT2D eigenvalue weighted by atomic mass is 9.99. The van der Waals surface area contributed by atoms with E-state index >= 15 is 0 Å². The summed E-state index contributed by atoms with van der Waals surface area (Å²) >= 11 is 3.50. The van der Waals surface area contributed by atoms with Gasteiger partial charge in [0, 0.05) is 17.3 Å². The van der Waals surface area contributed by atoms with Crippen LogP contribution < -0.4 is 4.74 Å². The summed E-state index contributed by atoms with van der Waals surface area (Å²) in [5.74, 6) is 0.628. The molecule has 1 atom stereocenters. The lowest BCUT2D eigenvalue weighted by Gasteiger charge is -2.14. The summed E-state index contributed by atoms with van der Waals surface area (Å²) in [6, 6.07) is 10.4. The average Bonchev–Trinajstić information content (AvgIpc) is 2.86. The topological polar surface area (TPSA) is 29.5 Å². The van der Waals surface area contributed by atoms with Crippen LogP contribution in [0.4, 0.5) is 4.39 Å². The van der Waals surface area contributed by atoms with E-state index in [1.54, 1.807) is 6.07 Å². The van der Waals surface area contributed by atoms with Crippen LogP contribution in [-0.2, 0) is 19.3 Å². The first kappa shape index (κ1) is 14.5. The van der Waals surface area contributed by atoms with Crippen LogP contribution in [0.3, 0.4) is 0 Å². The van der Waals surface area contributed by atoms with E-state index in [0.29, 0.717) is 19.4 Å². The Kier molecular flexibility index (Phi) is 4.27. The first-order chi connectivity index (χ1) is 10.1. The molecule has 1 aliphatic rings. The van der Waals surface area contributed by atoms with Crippen LogP contribution >= 0.6 is 15.9 Å². The Morgan fingerprint density at radius 3 is 2.90 bits per heavy atom. The van der Waals surface area contributed by atoms with Crippen molar-refractivity contribution in [2.75, 3.05) is 6.61 Å². The Hall–Kier alpha value is -1.39. The fourth-order valence-electron chi connectivity index (χ4n) is 2.76. The van der Waals surface area contributed by atoms with E-state index in [0.717, 1.165) is 27.8 Å². The molecule has 1 unspecified atom stereocenters. The molecule has 1 aliphatic heterocycles. The highest BCUT2D eigenvalue weighted by Crippen LogP contribution is 2.33. The maximum atomic E-state index is 13.2. The van der Waals surface area contributed by atoms with Crippen LogP contribution in [0.15, 0.2) is 40.9 Å². The van der Waals surface area contributed by atoms with Crippen LogP contribution in [0.2, 0.25) is 0 Å². The third kappa shape index (κ3) is 3.44. The van der Waals surface area contributed by atoms with Crippen LogP contribution in [0, 0.1) is 5.82 Å². The number of fused-ring (bicyclic) bond motifs is 1. The first-order valence-electron chi connectivity index (χ1n) is 6.98. The van der Waals surface area contributed by atoms with Crippen molar-refractivity contribution in [2.45, 2.75) is 25.4 Å². The highest BCUT2D eigenvalue weighted by Gasteiger charge is 2.19. The number of aliphatic hydroxyl groups is 1. The SMILES string of the molecule is OC(Cc1cccc(F)c1)Cc1cc(Br)cc2c1OCC2. The van der Waals surface area contributed by atoms with Crippen molar-refractivity contribution in [1.82, 2.24) is 0 Å². The second-order valence-corrected chi connectivity index (χ2v) is 6.26. The lowest BCUT2D eigenvalue weighted by molar-refractivity contribution is 0.174. The Bertz CT molecular complexity index is 657. The summed E-state index contributed by atoms with van der Waals surface area (Å²) in [7, 11) is 0. The molecular formula is C17H16BrFO2. The van der Waals surface area contributed by atoms with Crippen molar-refractivity contribution >= 4 is 15.9 Å². The summed E-state index contributed by atoms with van der Waals surface area (Å²) in [5.41, 5.74) is 2.98. The van der Waals surface area contributed by atoms with Gasteiger partial charge in [-0.15, -0.1) is 0 Å². The molecule has 0 saturated heterocycles. The van der Waals surface area contributed by atoms with Gasteiger partial charge >= 0.3 is 0 Å². The van der Waals surface area contributed by atoms with Gasteiger partial charge in [-0.25, -0.2) is 4.39 Å². The predicted molar refractivity (Wildman–Crippen MR) is 83.2 cm³/mol. The summed E-state index contributed by atoms with van der Waals surface area (Å²) < 4.78 is 19.8. The molecule has 4 heteroatoms. The molecule has 2 nitrogen and oxygen atoms in total. The molecule has 1 heterocycles. The molecule has 21 heavy (non-hydrogen) atoms. The van der Waals surface area contributed by atoms with Gasteiger partial charge in [0.25, 0.3) is 0 Å². The molecule has 0 fully saturated rings. The van der Waals surface area contributed by atoms with Gasteiger partial charge in [0.15, 0.2) is 0 Å². The van der Waals surface area contributed by atoms with Gasteiger partial charge in [-0.1, -0.05) is 28.1 Å². The Morgan fingerprint density at radius 1 is 1.24 bits per heavy atom. The van der Waals surface area contributed by atoms with Gasteiger partial charge < -0.3 is 9.84 Å². The van der Waals surface area contributed by atoms with Crippen LogP contribution in [-0.4, -0.2) is 17.8 Å². The number of hydrogen-bond acceptors (Lipinski definition) is 2. The number of benzene rings is 2. The number of rotatable bonds is 4. The van der Waals surface area contributed by atoms with E-state index < -0.39 is 6.10 Å². The molecule has 3 rings (SSSR count). The monoisotopic (exact) mass is 350 g/mol. The van der Waals surface area contributed by atoms with Crippen molar-refractivity contribution < 1.29 is 14.2 Å². The van der Waals surface area contributed by atoms with E-state index in [9.17, 15) is 9.50 Å². The van der Waals surface area contributed by atoms with Crippen molar-refractivity contribution in [3.05, 3.63) is 63.4 Å². The molecular weight excluding hydrogens is 335 g/mol. The van der Waals surface area contributed by atoms with E-state index in [1.165, 1.54) is 17.7 Å². The smallest absolute Gasteiger partial charge is 0.125 e. The minimum Gasteiger partial charge on any atom is -0.493 e. The number of halogens is 2. The van der Waals surface area contributed by atoms with Crippen LogP contribution in [0.5, 0.6) is 5.75 Å². The summed E-state index contributed by atoms with van der Waals surface area (Å²) in [4.78, 5) is 0. The highest BCUT2D eigenvalue weighted by atomic mass is 79.9. The van der Waals surface area contributed by atoms with Crippen LogP contribution in [0.1, 0.15) is 16.7 Å².